The number of nitrogens with zero attached hydrogens (tertiary/aromatic N) is 2. The number of amides is 1. The summed E-state index contributed by atoms with van der Waals surface area (Å²) in [4.78, 5) is 18.8. The predicted octanol–water partition coefficient (Wildman–Crippen LogP) is 3.40. The van der Waals surface area contributed by atoms with Crippen molar-refractivity contribution in [3.8, 4) is 0 Å². The lowest BCUT2D eigenvalue weighted by molar-refractivity contribution is 0.0800. The minimum Gasteiger partial charge on any atom is -0.341 e. The molecule has 0 aliphatic carbocycles. The van der Waals surface area contributed by atoms with Crippen LogP contribution in [0.3, 0.4) is 0 Å². The molecule has 0 atom stereocenters. The standard InChI is InChI=1S/C14H16N2OS2/c1-16(14(17)12-6-4-10-18-12)9-5-11-19-13-7-2-3-8-15-13/h2-4,6-8,10H,5,9,11H2,1H3. The Labute approximate surface area is 121 Å². The summed E-state index contributed by atoms with van der Waals surface area (Å²) < 4.78 is 0. The van der Waals surface area contributed by atoms with E-state index in [1.165, 1.54) is 11.3 Å². The Kier molecular flexibility index (Phi) is 5.42. The molecule has 2 rings (SSSR count). The van der Waals surface area contributed by atoms with Gasteiger partial charge in [0, 0.05) is 25.5 Å². The molecule has 0 aliphatic rings. The van der Waals surface area contributed by atoms with Gasteiger partial charge in [-0.05, 0) is 30.0 Å². The van der Waals surface area contributed by atoms with E-state index in [-0.39, 0.29) is 5.91 Å². The van der Waals surface area contributed by atoms with Crippen molar-refractivity contribution in [2.45, 2.75) is 11.4 Å². The van der Waals surface area contributed by atoms with Gasteiger partial charge in [0.1, 0.15) is 0 Å². The van der Waals surface area contributed by atoms with Gasteiger partial charge in [0.05, 0.1) is 9.90 Å². The SMILES string of the molecule is CN(CCCSc1ccccn1)C(=O)c1cccs1. The summed E-state index contributed by atoms with van der Waals surface area (Å²) in [5.41, 5.74) is 0. The molecule has 0 saturated carbocycles. The fourth-order valence-corrected chi connectivity index (χ4v) is 3.11. The highest BCUT2D eigenvalue weighted by Crippen LogP contribution is 2.16. The number of rotatable bonds is 6. The Morgan fingerprint density at radius 2 is 2.26 bits per heavy atom. The van der Waals surface area contributed by atoms with Gasteiger partial charge < -0.3 is 4.90 Å². The van der Waals surface area contributed by atoms with E-state index in [4.69, 9.17) is 0 Å². The Hall–Kier alpha value is -1.33. The van der Waals surface area contributed by atoms with Gasteiger partial charge in [0.25, 0.3) is 5.91 Å². The zero-order valence-electron chi connectivity index (χ0n) is 10.8. The molecule has 0 unspecified atom stereocenters. The van der Waals surface area contributed by atoms with E-state index in [2.05, 4.69) is 4.98 Å². The van der Waals surface area contributed by atoms with Crippen molar-refractivity contribution in [1.82, 2.24) is 9.88 Å². The maximum absolute atomic E-state index is 12.0. The van der Waals surface area contributed by atoms with Crippen LogP contribution in [0, 0.1) is 0 Å². The zero-order chi connectivity index (χ0) is 13.5. The summed E-state index contributed by atoms with van der Waals surface area (Å²) in [6.45, 7) is 0.774. The highest BCUT2D eigenvalue weighted by molar-refractivity contribution is 7.99. The second-order valence-corrected chi connectivity index (χ2v) is 6.14. The van der Waals surface area contributed by atoms with E-state index < -0.39 is 0 Å². The third kappa shape index (κ3) is 4.36. The van der Waals surface area contributed by atoms with E-state index in [0.717, 1.165) is 28.6 Å². The molecule has 2 aromatic rings. The van der Waals surface area contributed by atoms with Crippen LogP contribution in [0.1, 0.15) is 16.1 Å². The van der Waals surface area contributed by atoms with Gasteiger partial charge in [-0.2, -0.15) is 0 Å². The average Bonchev–Trinajstić information content (AvgIpc) is 2.98. The number of hydrogen-bond acceptors (Lipinski definition) is 4. The fourth-order valence-electron chi connectivity index (χ4n) is 1.60. The summed E-state index contributed by atoms with van der Waals surface area (Å²) in [5, 5.41) is 2.97. The Morgan fingerprint density at radius 1 is 1.37 bits per heavy atom. The van der Waals surface area contributed by atoms with Crippen molar-refractivity contribution in [3.63, 3.8) is 0 Å². The van der Waals surface area contributed by atoms with Crippen molar-refractivity contribution in [1.29, 1.82) is 0 Å². The molecule has 0 bridgehead atoms. The summed E-state index contributed by atoms with van der Waals surface area (Å²) >= 11 is 3.21. The minimum atomic E-state index is 0.109. The maximum Gasteiger partial charge on any atom is 0.263 e. The molecule has 100 valence electrons. The molecule has 0 spiro atoms. The van der Waals surface area contributed by atoms with E-state index in [0.29, 0.717) is 0 Å². The molecule has 19 heavy (non-hydrogen) atoms. The fraction of sp³-hybridized carbons (Fsp3) is 0.286. The number of thioether (sulfide) groups is 1. The first kappa shape index (κ1) is 14.1. The lowest BCUT2D eigenvalue weighted by Crippen LogP contribution is -2.27. The monoisotopic (exact) mass is 292 g/mol. The minimum absolute atomic E-state index is 0.109. The first-order valence-electron chi connectivity index (χ1n) is 6.10. The molecule has 2 heterocycles. The van der Waals surface area contributed by atoms with Crippen molar-refractivity contribution in [2.24, 2.45) is 0 Å². The van der Waals surface area contributed by atoms with Crippen LogP contribution < -0.4 is 0 Å². The van der Waals surface area contributed by atoms with Gasteiger partial charge >= 0.3 is 0 Å². The van der Waals surface area contributed by atoms with Crippen LogP contribution in [0.2, 0.25) is 0 Å². The predicted molar refractivity (Wildman–Crippen MR) is 80.9 cm³/mol. The third-order valence-corrected chi connectivity index (χ3v) is 4.49. The lowest BCUT2D eigenvalue weighted by atomic mass is 10.4. The number of carbonyl (C=O) groups is 1. The largest absolute Gasteiger partial charge is 0.341 e. The Morgan fingerprint density at radius 3 is 2.95 bits per heavy atom. The third-order valence-electron chi connectivity index (χ3n) is 2.60. The van der Waals surface area contributed by atoms with E-state index >= 15 is 0 Å². The Balaban J connectivity index is 1.70. The van der Waals surface area contributed by atoms with Crippen LogP contribution in [0.15, 0.2) is 46.9 Å². The lowest BCUT2D eigenvalue weighted by Gasteiger charge is -2.15. The molecule has 0 aliphatic heterocycles. The van der Waals surface area contributed by atoms with Crippen LogP contribution in [0.25, 0.3) is 0 Å². The number of pyridine rings is 1. The number of carbonyl (C=O) groups excluding carboxylic acids is 1. The van der Waals surface area contributed by atoms with Crippen molar-refractivity contribution in [2.75, 3.05) is 19.3 Å². The van der Waals surface area contributed by atoms with Crippen LogP contribution in [0.4, 0.5) is 0 Å². The number of aromatic nitrogens is 1. The molecule has 1 amide bonds. The average molecular weight is 292 g/mol. The molecule has 2 aromatic heterocycles. The normalized spacial score (nSPS) is 10.4. The summed E-state index contributed by atoms with van der Waals surface area (Å²) in [7, 11) is 1.85. The second-order valence-electron chi connectivity index (χ2n) is 4.07. The maximum atomic E-state index is 12.0. The summed E-state index contributed by atoms with van der Waals surface area (Å²) in [6.07, 6.45) is 2.77. The van der Waals surface area contributed by atoms with E-state index in [1.54, 1.807) is 22.9 Å². The van der Waals surface area contributed by atoms with Gasteiger partial charge in [0.15, 0.2) is 0 Å². The number of thiophene rings is 1. The van der Waals surface area contributed by atoms with Gasteiger partial charge in [-0.1, -0.05) is 12.1 Å². The zero-order valence-corrected chi connectivity index (χ0v) is 12.4. The topological polar surface area (TPSA) is 33.2 Å². The van der Waals surface area contributed by atoms with Gasteiger partial charge in [0.2, 0.25) is 0 Å². The van der Waals surface area contributed by atoms with Crippen LogP contribution in [-0.2, 0) is 0 Å². The Bertz CT molecular complexity index is 499. The quantitative estimate of drug-likeness (QED) is 0.604. The van der Waals surface area contributed by atoms with Gasteiger partial charge in [-0.3, -0.25) is 4.79 Å². The van der Waals surface area contributed by atoms with Crippen molar-refractivity contribution >= 4 is 29.0 Å². The molecule has 5 heteroatoms. The molecule has 0 radical (unpaired) electrons. The second kappa shape index (κ2) is 7.31. The molecule has 0 fully saturated rings. The van der Waals surface area contributed by atoms with E-state index in [9.17, 15) is 4.79 Å². The highest BCUT2D eigenvalue weighted by Gasteiger charge is 2.11. The van der Waals surface area contributed by atoms with Crippen LogP contribution >= 0.6 is 23.1 Å². The molecule has 3 nitrogen and oxygen atoms in total. The van der Waals surface area contributed by atoms with E-state index in [1.807, 2.05) is 42.8 Å². The van der Waals surface area contributed by atoms with Crippen molar-refractivity contribution < 1.29 is 4.79 Å². The molecule has 0 saturated heterocycles. The first-order valence-corrected chi connectivity index (χ1v) is 7.96. The molecule has 0 N–H and O–H groups in total. The first-order chi connectivity index (χ1) is 9.27. The van der Waals surface area contributed by atoms with Crippen LogP contribution in [-0.4, -0.2) is 35.1 Å². The van der Waals surface area contributed by atoms with Gasteiger partial charge in [-0.15, -0.1) is 23.1 Å². The molecular formula is C14H16N2OS2. The van der Waals surface area contributed by atoms with Crippen LogP contribution in [0.5, 0.6) is 0 Å². The smallest absolute Gasteiger partial charge is 0.263 e. The summed E-state index contributed by atoms with van der Waals surface area (Å²) in [6, 6.07) is 9.68. The number of hydrogen-bond donors (Lipinski definition) is 0. The highest BCUT2D eigenvalue weighted by atomic mass is 32.2. The molecular weight excluding hydrogens is 276 g/mol. The molecule has 0 aromatic carbocycles. The summed E-state index contributed by atoms with van der Waals surface area (Å²) in [5.74, 6) is 1.08. The van der Waals surface area contributed by atoms with Gasteiger partial charge in [-0.25, -0.2) is 4.98 Å². The van der Waals surface area contributed by atoms with Crippen molar-refractivity contribution in [3.05, 3.63) is 46.8 Å².